The first kappa shape index (κ1) is 17.9. The molecule has 2 rings (SSSR count). The van der Waals surface area contributed by atoms with Gasteiger partial charge in [0.05, 0.1) is 6.61 Å². The predicted octanol–water partition coefficient (Wildman–Crippen LogP) is -1.90. The third-order valence-electron chi connectivity index (χ3n) is 4.00. The number of aliphatic hydroxyl groups excluding tert-OH is 1. The second-order valence-electron chi connectivity index (χ2n) is 6.39. The number of ether oxygens (including phenoxy) is 1. The van der Waals surface area contributed by atoms with Crippen molar-refractivity contribution in [2.24, 2.45) is 5.41 Å². The van der Waals surface area contributed by atoms with Crippen LogP contribution in [0.1, 0.15) is 26.7 Å². The van der Waals surface area contributed by atoms with Crippen LogP contribution < -0.4 is 24.0 Å². The molecule has 5 heteroatoms. The second-order valence-corrected chi connectivity index (χ2v) is 6.39. The molecular weight excluding hydrogens is 367 g/mol. The summed E-state index contributed by atoms with van der Waals surface area (Å²) in [5.41, 5.74) is 3.06. The van der Waals surface area contributed by atoms with Gasteiger partial charge < -0.3 is 38.7 Å². The molecule has 1 fully saturated rings. The number of hydrogen-bond donors (Lipinski definition) is 1. The summed E-state index contributed by atoms with van der Waals surface area (Å²) < 4.78 is 7.89. The van der Waals surface area contributed by atoms with Crippen LogP contribution in [-0.4, -0.2) is 66.8 Å². The Morgan fingerprint density at radius 1 is 1.30 bits per heavy atom. The maximum atomic E-state index is 9.11. The van der Waals surface area contributed by atoms with Crippen LogP contribution >= 0.6 is 0 Å². The molecule has 0 unspecified atom stereocenters. The Kier molecular flexibility index (Phi) is 6.94. The van der Waals surface area contributed by atoms with Crippen molar-refractivity contribution < 1.29 is 38.4 Å². The van der Waals surface area contributed by atoms with Gasteiger partial charge in [-0.3, -0.25) is 0 Å². The molecule has 2 aliphatic rings. The zero-order valence-corrected chi connectivity index (χ0v) is 15.0. The van der Waals surface area contributed by atoms with Gasteiger partial charge in [-0.2, -0.15) is 0 Å². The van der Waals surface area contributed by atoms with E-state index in [1.165, 1.54) is 11.4 Å². The molecule has 1 aliphatic carbocycles. The van der Waals surface area contributed by atoms with Gasteiger partial charge in [0.15, 0.2) is 18.8 Å². The van der Waals surface area contributed by atoms with Crippen LogP contribution in [0.25, 0.3) is 0 Å². The Hall–Kier alpha value is -0.140. The van der Waals surface area contributed by atoms with E-state index < -0.39 is 0 Å². The van der Waals surface area contributed by atoms with Crippen LogP contribution in [0.4, 0.5) is 0 Å². The number of halogens is 1. The number of nitrogens with zero attached hydrogens (tertiary/aromatic N) is 2. The van der Waals surface area contributed by atoms with E-state index in [-0.39, 0.29) is 30.6 Å². The summed E-state index contributed by atoms with van der Waals surface area (Å²) in [6.45, 7) is 9.23. The summed E-state index contributed by atoms with van der Waals surface area (Å²) in [4.78, 5) is 2.18. The summed E-state index contributed by atoms with van der Waals surface area (Å²) >= 11 is 0. The molecule has 0 amide bonds. The van der Waals surface area contributed by atoms with E-state index in [1.807, 2.05) is 0 Å². The Morgan fingerprint density at radius 3 is 2.55 bits per heavy atom. The quantitative estimate of drug-likeness (QED) is 0.449. The molecule has 0 atom stereocenters. The highest BCUT2D eigenvalue weighted by atomic mass is 127. The average Bonchev–Trinajstić information content (AvgIpc) is 2.38. The predicted molar refractivity (Wildman–Crippen MR) is 76.6 cm³/mol. The van der Waals surface area contributed by atoms with Gasteiger partial charge in [0.2, 0.25) is 0 Å². The third kappa shape index (κ3) is 4.70. The fourth-order valence-electron chi connectivity index (χ4n) is 2.93. The van der Waals surface area contributed by atoms with Crippen molar-refractivity contribution in [1.29, 1.82) is 0 Å². The molecule has 1 N–H and O–H groups in total. The highest BCUT2D eigenvalue weighted by Gasteiger charge is 2.32. The lowest BCUT2D eigenvalue weighted by Crippen LogP contribution is -3.00. The van der Waals surface area contributed by atoms with Gasteiger partial charge in [-0.05, 0) is 11.8 Å². The summed E-state index contributed by atoms with van der Waals surface area (Å²) in [6, 6.07) is 0. The van der Waals surface area contributed by atoms with Gasteiger partial charge in [0.25, 0.3) is 0 Å². The third-order valence-corrected chi connectivity index (χ3v) is 4.00. The van der Waals surface area contributed by atoms with Gasteiger partial charge in [-0.25, -0.2) is 4.58 Å². The van der Waals surface area contributed by atoms with E-state index >= 15 is 0 Å². The Morgan fingerprint density at radius 2 is 1.95 bits per heavy atom. The van der Waals surface area contributed by atoms with E-state index in [9.17, 15) is 0 Å². The molecule has 0 bridgehead atoms. The van der Waals surface area contributed by atoms with Gasteiger partial charge in [0.1, 0.15) is 13.2 Å². The summed E-state index contributed by atoms with van der Waals surface area (Å²) in [5, 5.41) is 9.11. The fourth-order valence-corrected chi connectivity index (χ4v) is 2.93. The fraction of sp³-hybridized carbons (Fsp3) is 0.800. The average molecular weight is 394 g/mol. The highest BCUT2D eigenvalue weighted by Crippen LogP contribution is 2.35. The van der Waals surface area contributed by atoms with Crippen molar-refractivity contribution in [3.05, 3.63) is 11.8 Å². The molecule has 0 aromatic rings. The summed E-state index contributed by atoms with van der Waals surface area (Å²) in [5.74, 6) is 0. The van der Waals surface area contributed by atoms with Gasteiger partial charge >= 0.3 is 0 Å². The molecule has 20 heavy (non-hydrogen) atoms. The summed E-state index contributed by atoms with van der Waals surface area (Å²) in [6.07, 6.45) is 4.53. The number of morpholine rings is 1. The minimum atomic E-state index is 0. The zero-order valence-electron chi connectivity index (χ0n) is 12.9. The molecule has 1 saturated heterocycles. The lowest BCUT2D eigenvalue weighted by Gasteiger charge is -2.34. The smallest absolute Gasteiger partial charge is 0.178 e. The van der Waals surface area contributed by atoms with Crippen LogP contribution in [0.2, 0.25) is 0 Å². The highest BCUT2D eigenvalue weighted by molar-refractivity contribution is 5.92. The zero-order chi connectivity index (χ0) is 13.9. The van der Waals surface area contributed by atoms with Crippen LogP contribution in [0.5, 0.6) is 0 Å². The molecule has 0 aromatic heterocycles. The van der Waals surface area contributed by atoms with Crippen LogP contribution in [0.3, 0.4) is 0 Å². The Labute approximate surface area is 139 Å². The van der Waals surface area contributed by atoms with Crippen molar-refractivity contribution in [2.45, 2.75) is 26.7 Å². The number of likely N-dealkylation sites (N-methyl/N-ethyl adjacent to an activating group) is 1. The van der Waals surface area contributed by atoms with E-state index in [2.05, 4.69) is 36.4 Å². The van der Waals surface area contributed by atoms with Crippen molar-refractivity contribution in [1.82, 2.24) is 4.90 Å². The maximum Gasteiger partial charge on any atom is 0.178 e. The van der Waals surface area contributed by atoms with E-state index in [4.69, 9.17) is 9.84 Å². The number of rotatable bonds is 3. The number of allylic oxidation sites excluding steroid dienone is 2. The minimum Gasteiger partial charge on any atom is -1.00 e. The number of hydrogen-bond acceptors (Lipinski definition) is 3. The van der Waals surface area contributed by atoms with E-state index in [0.717, 1.165) is 39.1 Å². The lowest BCUT2D eigenvalue weighted by atomic mass is 9.78. The van der Waals surface area contributed by atoms with E-state index in [1.54, 1.807) is 0 Å². The van der Waals surface area contributed by atoms with Crippen LogP contribution in [0.15, 0.2) is 11.8 Å². The Balaban J connectivity index is 0.00000200. The van der Waals surface area contributed by atoms with Crippen LogP contribution in [-0.2, 0) is 4.74 Å². The molecule has 0 radical (unpaired) electrons. The monoisotopic (exact) mass is 394 g/mol. The van der Waals surface area contributed by atoms with E-state index in [0.29, 0.717) is 12.0 Å². The first-order chi connectivity index (χ1) is 9.02. The minimum absolute atomic E-state index is 0. The summed E-state index contributed by atoms with van der Waals surface area (Å²) in [7, 11) is 2.07. The molecule has 0 spiro atoms. The first-order valence-electron chi connectivity index (χ1n) is 7.23. The van der Waals surface area contributed by atoms with Crippen LogP contribution in [0, 0.1) is 5.41 Å². The SMILES string of the molecule is CN(CCO)C1=CC(=[N+]2CCOCC2)CC(C)(C)C1.[I-]. The normalized spacial score (nSPS) is 22.1. The number of aliphatic hydroxyl groups is 1. The molecule has 1 heterocycles. The van der Waals surface area contributed by atoms with Gasteiger partial charge in [0, 0.05) is 31.8 Å². The van der Waals surface area contributed by atoms with Crippen molar-refractivity contribution in [3.63, 3.8) is 0 Å². The molecule has 1 aliphatic heterocycles. The van der Waals surface area contributed by atoms with Gasteiger partial charge in [-0.15, -0.1) is 0 Å². The second kappa shape index (κ2) is 7.75. The Bertz CT molecular complexity index is 383. The van der Waals surface area contributed by atoms with Crippen molar-refractivity contribution in [2.75, 3.05) is 46.5 Å². The molecular formula is C15H27IN2O2. The lowest BCUT2D eigenvalue weighted by molar-refractivity contribution is -0.550. The molecule has 4 nitrogen and oxygen atoms in total. The topological polar surface area (TPSA) is 35.7 Å². The standard InChI is InChI=1S/C15H27N2O2.HI/c1-15(2)11-13(16(3)4-7-18)10-14(12-15)17-5-8-19-9-6-17;/h10,18H,4-9,11-12H2,1-3H3;1H/q+1;/p-1. The molecule has 0 saturated carbocycles. The molecule has 0 aromatic carbocycles. The van der Waals surface area contributed by atoms with Crippen molar-refractivity contribution >= 4 is 5.71 Å². The maximum absolute atomic E-state index is 9.11. The first-order valence-corrected chi connectivity index (χ1v) is 7.23. The largest absolute Gasteiger partial charge is 1.00 e. The van der Waals surface area contributed by atoms with Crippen molar-refractivity contribution in [3.8, 4) is 0 Å². The van der Waals surface area contributed by atoms with Gasteiger partial charge in [-0.1, -0.05) is 13.8 Å². The molecule has 116 valence electrons.